The minimum Gasteiger partial charge on any atom is -0.489 e. The summed E-state index contributed by atoms with van der Waals surface area (Å²) in [4.78, 5) is 11.2. The Labute approximate surface area is 128 Å². The Morgan fingerprint density at radius 3 is 2.67 bits per heavy atom. The zero-order valence-corrected chi connectivity index (χ0v) is 12.4. The van der Waals surface area contributed by atoms with Gasteiger partial charge in [-0.15, -0.1) is 0 Å². The van der Waals surface area contributed by atoms with Crippen LogP contribution in [0.2, 0.25) is 0 Å². The van der Waals surface area contributed by atoms with Gasteiger partial charge in [-0.05, 0) is 45.8 Å². The number of benzene rings is 2. The van der Waals surface area contributed by atoms with E-state index in [-0.39, 0.29) is 18.8 Å². The number of aliphatic hydroxyl groups is 1. The molecule has 21 heavy (non-hydrogen) atoms. The number of carboxylic acid groups (broad SMARTS) is 1. The number of carboxylic acids is 1. The molecule has 0 spiro atoms. The number of ether oxygens (including phenoxy) is 1. The molecule has 0 aliphatic carbocycles. The Morgan fingerprint density at radius 2 is 2.05 bits per heavy atom. The maximum atomic E-state index is 13.4. The van der Waals surface area contributed by atoms with E-state index in [2.05, 4.69) is 15.9 Å². The third-order valence-electron chi connectivity index (χ3n) is 2.76. The first-order valence-corrected chi connectivity index (χ1v) is 6.88. The number of rotatable bonds is 5. The monoisotopic (exact) mass is 354 g/mol. The van der Waals surface area contributed by atoms with Gasteiger partial charge < -0.3 is 14.9 Å². The maximum absolute atomic E-state index is 13.4. The molecular weight excluding hydrogens is 343 g/mol. The highest BCUT2D eigenvalue weighted by atomic mass is 79.9. The summed E-state index contributed by atoms with van der Waals surface area (Å²) in [5, 5.41) is 18.0. The van der Waals surface area contributed by atoms with E-state index in [1.165, 1.54) is 30.3 Å². The molecule has 0 aromatic heterocycles. The molecule has 0 amide bonds. The molecular formula is C15H12BrFO4. The minimum atomic E-state index is -1.10. The number of hydrogen-bond acceptors (Lipinski definition) is 3. The van der Waals surface area contributed by atoms with Gasteiger partial charge in [0.2, 0.25) is 0 Å². The number of aliphatic hydroxyl groups excluding tert-OH is 1. The van der Waals surface area contributed by atoms with Gasteiger partial charge in [-0.1, -0.05) is 12.1 Å². The van der Waals surface area contributed by atoms with Gasteiger partial charge in [0.25, 0.3) is 0 Å². The molecule has 0 saturated heterocycles. The van der Waals surface area contributed by atoms with Gasteiger partial charge >= 0.3 is 5.97 Å². The largest absolute Gasteiger partial charge is 0.489 e. The van der Waals surface area contributed by atoms with Crippen LogP contribution in [0.1, 0.15) is 10.4 Å². The molecule has 0 bridgehead atoms. The fourth-order valence-electron chi connectivity index (χ4n) is 1.88. The summed E-state index contributed by atoms with van der Waals surface area (Å²) in [6.45, 7) is -0.136. The predicted molar refractivity (Wildman–Crippen MR) is 79.1 cm³/mol. The first-order valence-electron chi connectivity index (χ1n) is 6.09. The Bertz CT molecular complexity index is 673. The van der Waals surface area contributed by atoms with Gasteiger partial charge in [0.1, 0.15) is 18.2 Å². The molecule has 2 N–H and O–H groups in total. The normalized spacial score (nSPS) is 10.4. The molecule has 0 radical (unpaired) electrons. The van der Waals surface area contributed by atoms with Crippen molar-refractivity contribution < 1.29 is 24.1 Å². The summed E-state index contributed by atoms with van der Waals surface area (Å²) in [6.07, 6.45) is 0. The fraction of sp³-hybridized carbons (Fsp3) is 0.133. The molecule has 2 aromatic carbocycles. The summed E-state index contributed by atoms with van der Waals surface area (Å²) < 4.78 is 19.2. The lowest BCUT2D eigenvalue weighted by Crippen LogP contribution is -2.05. The maximum Gasteiger partial charge on any atom is 0.335 e. The zero-order valence-electron chi connectivity index (χ0n) is 10.8. The van der Waals surface area contributed by atoms with E-state index in [9.17, 15) is 9.18 Å². The van der Waals surface area contributed by atoms with Crippen LogP contribution in [0.15, 0.2) is 40.9 Å². The molecule has 0 unspecified atom stereocenters. The third kappa shape index (κ3) is 3.59. The summed E-state index contributed by atoms with van der Waals surface area (Å²) in [6, 6.07) is 8.59. The smallest absolute Gasteiger partial charge is 0.335 e. The highest BCUT2D eigenvalue weighted by molar-refractivity contribution is 9.10. The van der Waals surface area contributed by atoms with Crippen LogP contribution in [0.3, 0.4) is 0 Å². The van der Waals surface area contributed by atoms with Gasteiger partial charge in [0, 0.05) is 5.56 Å². The van der Waals surface area contributed by atoms with Crippen molar-refractivity contribution in [2.75, 3.05) is 13.2 Å². The van der Waals surface area contributed by atoms with Crippen molar-refractivity contribution in [2.45, 2.75) is 0 Å². The van der Waals surface area contributed by atoms with E-state index in [0.717, 1.165) is 0 Å². The lowest BCUT2D eigenvalue weighted by Gasteiger charge is -2.14. The summed E-state index contributed by atoms with van der Waals surface area (Å²) in [5.74, 6) is -1.17. The Balaban J connectivity index is 2.61. The average Bonchev–Trinajstić information content (AvgIpc) is 2.45. The number of carbonyl (C=O) groups is 1. The quantitative estimate of drug-likeness (QED) is 0.864. The van der Waals surface area contributed by atoms with Crippen LogP contribution in [0.4, 0.5) is 4.39 Å². The Morgan fingerprint density at radius 1 is 1.29 bits per heavy atom. The molecule has 110 valence electrons. The molecule has 0 fully saturated rings. The predicted octanol–water partition coefficient (Wildman–Crippen LogP) is 3.32. The van der Waals surface area contributed by atoms with Gasteiger partial charge in [-0.2, -0.15) is 0 Å². The number of hydrogen-bond donors (Lipinski definition) is 2. The van der Waals surface area contributed by atoms with Crippen molar-refractivity contribution in [3.05, 3.63) is 52.3 Å². The van der Waals surface area contributed by atoms with E-state index in [0.29, 0.717) is 21.3 Å². The summed E-state index contributed by atoms with van der Waals surface area (Å²) in [5.41, 5.74) is 0.985. The first kappa shape index (κ1) is 15.5. The van der Waals surface area contributed by atoms with Crippen LogP contribution in [0.25, 0.3) is 11.1 Å². The van der Waals surface area contributed by atoms with E-state index in [1.54, 1.807) is 6.07 Å². The van der Waals surface area contributed by atoms with E-state index in [1.807, 2.05) is 0 Å². The highest BCUT2D eigenvalue weighted by Crippen LogP contribution is 2.38. The van der Waals surface area contributed by atoms with E-state index < -0.39 is 11.8 Å². The molecule has 2 aromatic rings. The van der Waals surface area contributed by atoms with Gasteiger partial charge in [0.05, 0.1) is 16.6 Å². The lowest BCUT2D eigenvalue weighted by molar-refractivity contribution is 0.0696. The fourth-order valence-corrected chi connectivity index (χ4v) is 2.46. The molecule has 6 heteroatoms. The number of aromatic carboxylic acids is 1. The standard InChI is InChI=1S/C15H12BrFO4/c16-13-8-10(15(19)20)7-12(14(13)21-5-4-18)9-2-1-3-11(17)6-9/h1-3,6-8,18H,4-5H2,(H,19,20). The molecule has 0 saturated carbocycles. The second-order valence-corrected chi connectivity index (χ2v) is 5.08. The molecule has 0 heterocycles. The molecule has 0 atom stereocenters. The Kier molecular flexibility index (Phi) is 4.93. The first-order chi connectivity index (χ1) is 10.0. The summed E-state index contributed by atoms with van der Waals surface area (Å²) in [7, 11) is 0. The van der Waals surface area contributed by atoms with Crippen molar-refractivity contribution in [3.8, 4) is 16.9 Å². The van der Waals surface area contributed by atoms with Crippen molar-refractivity contribution in [2.24, 2.45) is 0 Å². The summed E-state index contributed by atoms with van der Waals surface area (Å²) >= 11 is 3.25. The van der Waals surface area contributed by atoms with Crippen molar-refractivity contribution in [1.29, 1.82) is 0 Å². The van der Waals surface area contributed by atoms with Crippen LogP contribution < -0.4 is 4.74 Å². The van der Waals surface area contributed by atoms with Gasteiger partial charge in [-0.3, -0.25) is 0 Å². The Hall–Kier alpha value is -1.92. The minimum absolute atomic E-state index is 0.0489. The highest BCUT2D eigenvalue weighted by Gasteiger charge is 2.16. The van der Waals surface area contributed by atoms with Crippen molar-refractivity contribution in [1.82, 2.24) is 0 Å². The van der Waals surface area contributed by atoms with E-state index in [4.69, 9.17) is 14.9 Å². The molecule has 0 aliphatic rings. The van der Waals surface area contributed by atoms with Gasteiger partial charge in [0.15, 0.2) is 0 Å². The second-order valence-electron chi connectivity index (χ2n) is 4.22. The average molecular weight is 355 g/mol. The van der Waals surface area contributed by atoms with Crippen LogP contribution in [-0.4, -0.2) is 29.4 Å². The molecule has 4 nitrogen and oxygen atoms in total. The van der Waals surface area contributed by atoms with Crippen LogP contribution >= 0.6 is 15.9 Å². The topological polar surface area (TPSA) is 66.8 Å². The van der Waals surface area contributed by atoms with Gasteiger partial charge in [-0.25, -0.2) is 9.18 Å². The second kappa shape index (κ2) is 6.69. The SMILES string of the molecule is O=C(O)c1cc(Br)c(OCCO)c(-c2cccc(F)c2)c1. The lowest BCUT2D eigenvalue weighted by atomic mass is 10.0. The molecule has 0 aliphatic heterocycles. The third-order valence-corrected chi connectivity index (χ3v) is 3.35. The van der Waals surface area contributed by atoms with Crippen LogP contribution in [-0.2, 0) is 0 Å². The van der Waals surface area contributed by atoms with Crippen LogP contribution in [0.5, 0.6) is 5.75 Å². The number of halogens is 2. The van der Waals surface area contributed by atoms with Crippen molar-refractivity contribution in [3.63, 3.8) is 0 Å². The molecule has 2 rings (SSSR count). The van der Waals surface area contributed by atoms with Crippen molar-refractivity contribution >= 4 is 21.9 Å². The zero-order chi connectivity index (χ0) is 15.4. The van der Waals surface area contributed by atoms with Crippen LogP contribution in [0, 0.1) is 5.82 Å². The van der Waals surface area contributed by atoms with E-state index >= 15 is 0 Å².